The van der Waals surface area contributed by atoms with Crippen LogP contribution >= 0.6 is 11.6 Å². The normalized spacial score (nSPS) is 18.8. The predicted molar refractivity (Wildman–Crippen MR) is 110 cm³/mol. The standard InChI is InChI=1S/C20H16ClN3O6S/c1-10-2-6-16(14(21)8-10)31(29,30)23-11-3-4-12-13(9-11)20(28)24(19(12)27)15-5-7-17(25)22-18(15)26/h2-4,6,8-9,15,23H,5,7H2,1H3,(H,22,25,26). The molecule has 2 N–H and O–H groups in total. The largest absolute Gasteiger partial charge is 0.295 e. The van der Waals surface area contributed by atoms with E-state index in [4.69, 9.17) is 11.6 Å². The fourth-order valence-corrected chi connectivity index (χ4v) is 5.22. The van der Waals surface area contributed by atoms with E-state index in [9.17, 15) is 27.6 Å². The number of aryl methyl sites for hydroxylation is 1. The zero-order chi connectivity index (χ0) is 22.5. The number of nitrogens with one attached hydrogen (secondary N) is 2. The third-order valence-electron chi connectivity index (χ3n) is 5.07. The zero-order valence-corrected chi connectivity index (χ0v) is 17.7. The summed E-state index contributed by atoms with van der Waals surface area (Å²) in [5, 5.41) is 2.16. The van der Waals surface area contributed by atoms with Crippen LogP contribution in [0.15, 0.2) is 41.3 Å². The molecular formula is C20H16ClN3O6S. The van der Waals surface area contributed by atoms with Gasteiger partial charge in [-0.15, -0.1) is 0 Å². The maximum atomic E-state index is 12.9. The Morgan fingerprint density at radius 2 is 1.74 bits per heavy atom. The summed E-state index contributed by atoms with van der Waals surface area (Å²) in [6.07, 6.45) is 0.0354. The van der Waals surface area contributed by atoms with Gasteiger partial charge >= 0.3 is 0 Å². The fourth-order valence-electron chi connectivity index (χ4n) is 3.57. The first-order valence-electron chi connectivity index (χ1n) is 9.23. The number of hydrogen-bond acceptors (Lipinski definition) is 6. The summed E-state index contributed by atoms with van der Waals surface area (Å²) < 4.78 is 27.8. The van der Waals surface area contributed by atoms with Crippen molar-refractivity contribution < 1.29 is 27.6 Å². The van der Waals surface area contributed by atoms with Crippen LogP contribution in [0.3, 0.4) is 0 Å². The van der Waals surface area contributed by atoms with Gasteiger partial charge in [0.05, 0.1) is 16.1 Å². The highest BCUT2D eigenvalue weighted by Gasteiger charge is 2.44. The van der Waals surface area contributed by atoms with Gasteiger partial charge in [0.25, 0.3) is 21.8 Å². The molecule has 1 atom stereocenters. The number of hydrogen-bond donors (Lipinski definition) is 2. The second kappa shape index (κ2) is 7.47. The number of benzene rings is 2. The summed E-state index contributed by atoms with van der Waals surface area (Å²) in [5.41, 5.74) is 0.858. The van der Waals surface area contributed by atoms with Gasteiger partial charge in [-0.1, -0.05) is 17.7 Å². The molecule has 0 aromatic heterocycles. The maximum Gasteiger partial charge on any atom is 0.263 e. The van der Waals surface area contributed by atoms with Gasteiger partial charge in [0.1, 0.15) is 10.9 Å². The number of fused-ring (bicyclic) bond motifs is 1. The van der Waals surface area contributed by atoms with Crippen molar-refractivity contribution in [2.24, 2.45) is 0 Å². The number of rotatable bonds is 4. The summed E-state index contributed by atoms with van der Waals surface area (Å²) in [7, 11) is -4.05. The topological polar surface area (TPSA) is 130 Å². The quantitative estimate of drug-likeness (QED) is 0.668. The lowest BCUT2D eigenvalue weighted by Gasteiger charge is -2.27. The molecular weight excluding hydrogens is 446 g/mol. The van der Waals surface area contributed by atoms with Gasteiger partial charge < -0.3 is 0 Å². The van der Waals surface area contributed by atoms with Crippen LogP contribution in [0.1, 0.15) is 39.1 Å². The summed E-state index contributed by atoms with van der Waals surface area (Å²) in [4.78, 5) is 49.7. The van der Waals surface area contributed by atoms with Gasteiger partial charge in [-0.25, -0.2) is 8.42 Å². The number of carbonyl (C=O) groups is 4. The van der Waals surface area contributed by atoms with Gasteiger partial charge in [-0.3, -0.25) is 34.1 Å². The van der Waals surface area contributed by atoms with Crippen molar-refractivity contribution in [3.8, 4) is 0 Å². The van der Waals surface area contributed by atoms with Gasteiger partial charge in [0.15, 0.2) is 0 Å². The Kier molecular flexibility index (Phi) is 5.06. The fraction of sp³-hybridized carbons (Fsp3) is 0.200. The van der Waals surface area contributed by atoms with Crippen LogP contribution in [0.4, 0.5) is 5.69 Å². The second-order valence-corrected chi connectivity index (χ2v) is 9.30. The lowest BCUT2D eigenvalue weighted by Crippen LogP contribution is -2.54. The molecule has 0 aliphatic carbocycles. The van der Waals surface area contributed by atoms with Crippen molar-refractivity contribution in [2.75, 3.05) is 4.72 Å². The Bertz CT molecular complexity index is 1270. The summed E-state index contributed by atoms with van der Waals surface area (Å²) in [5.74, 6) is -2.60. The highest BCUT2D eigenvalue weighted by molar-refractivity contribution is 7.92. The average molecular weight is 462 g/mol. The molecule has 11 heteroatoms. The minimum Gasteiger partial charge on any atom is -0.295 e. The molecule has 9 nitrogen and oxygen atoms in total. The minimum absolute atomic E-state index is 0.00612. The van der Waals surface area contributed by atoms with E-state index < -0.39 is 39.7 Å². The molecule has 160 valence electrons. The van der Waals surface area contributed by atoms with E-state index in [1.165, 1.54) is 30.3 Å². The van der Waals surface area contributed by atoms with Crippen LogP contribution in [-0.2, 0) is 19.6 Å². The van der Waals surface area contributed by atoms with E-state index in [1.54, 1.807) is 13.0 Å². The van der Waals surface area contributed by atoms with E-state index in [0.717, 1.165) is 10.5 Å². The molecule has 0 saturated carbocycles. The lowest BCUT2D eigenvalue weighted by atomic mass is 10.0. The van der Waals surface area contributed by atoms with E-state index in [-0.39, 0.29) is 39.6 Å². The van der Waals surface area contributed by atoms with Crippen molar-refractivity contribution >= 4 is 50.9 Å². The molecule has 4 amide bonds. The molecule has 2 aromatic carbocycles. The lowest BCUT2D eigenvalue weighted by molar-refractivity contribution is -0.136. The Hall–Kier alpha value is -3.24. The average Bonchev–Trinajstić information content (AvgIpc) is 2.92. The van der Waals surface area contributed by atoms with Gasteiger partial charge in [0, 0.05) is 12.1 Å². The molecule has 2 heterocycles. The van der Waals surface area contributed by atoms with Crippen molar-refractivity contribution in [3.05, 3.63) is 58.1 Å². The van der Waals surface area contributed by atoms with E-state index in [1.807, 2.05) is 0 Å². The molecule has 0 spiro atoms. The van der Waals surface area contributed by atoms with Crippen LogP contribution in [0, 0.1) is 6.92 Å². The molecule has 1 saturated heterocycles. The number of amides is 4. The van der Waals surface area contributed by atoms with Crippen LogP contribution < -0.4 is 10.0 Å². The number of carbonyl (C=O) groups excluding carboxylic acids is 4. The first-order chi connectivity index (χ1) is 14.6. The van der Waals surface area contributed by atoms with Crippen molar-refractivity contribution in [2.45, 2.75) is 30.7 Å². The Balaban J connectivity index is 1.63. The molecule has 1 unspecified atom stereocenters. The Morgan fingerprint density at radius 3 is 2.42 bits per heavy atom. The minimum atomic E-state index is -4.05. The summed E-state index contributed by atoms with van der Waals surface area (Å²) in [6.45, 7) is 1.77. The predicted octanol–water partition coefficient (Wildman–Crippen LogP) is 1.85. The molecule has 0 radical (unpaired) electrons. The van der Waals surface area contributed by atoms with Gasteiger partial charge in [-0.2, -0.15) is 0 Å². The third-order valence-corrected chi connectivity index (χ3v) is 6.93. The monoisotopic (exact) mass is 461 g/mol. The number of sulfonamides is 1. The van der Waals surface area contributed by atoms with Crippen molar-refractivity contribution in [1.82, 2.24) is 10.2 Å². The van der Waals surface area contributed by atoms with Crippen molar-refractivity contribution in [3.63, 3.8) is 0 Å². The van der Waals surface area contributed by atoms with E-state index in [0.29, 0.717) is 0 Å². The SMILES string of the molecule is Cc1ccc(S(=O)(=O)Nc2ccc3c(c2)C(=O)N(C2CCC(=O)NC2=O)C3=O)c(Cl)c1. The Labute approximate surface area is 182 Å². The first-order valence-corrected chi connectivity index (χ1v) is 11.1. The number of anilines is 1. The molecule has 2 aromatic rings. The number of halogens is 1. The number of piperidine rings is 1. The van der Waals surface area contributed by atoms with Crippen LogP contribution in [0.2, 0.25) is 5.02 Å². The number of imide groups is 2. The van der Waals surface area contributed by atoms with E-state index >= 15 is 0 Å². The third kappa shape index (κ3) is 3.68. The van der Waals surface area contributed by atoms with Crippen LogP contribution in [0.5, 0.6) is 0 Å². The number of nitrogens with zero attached hydrogens (tertiary/aromatic N) is 1. The summed E-state index contributed by atoms with van der Waals surface area (Å²) >= 11 is 6.06. The smallest absolute Gasteiger partial charge is 0.263 e. The summed E-state index contributed by atoms with van der Waals surface area (Å²) in [6, 6.07) is 7.28. The molecule has 4 rings (SSSR count). The van der Waals surface area contributed by atoms with Gasteiger partial charge in [0.2, 0.25) is 11.8 Å². The molecule has 2 aliphatic rings. The van der Waals surface area contributed by atoms with Crippen molar-refractivity contribution in [1.29, 1.82) is 0 Å². The molecule has 2 aliphatic heterocycles. The second-order valence-electron chi connectivity index (χ2n) is 7.25. The molecule has 0 bridgehead atoms. The molecule has 31 heavy (non-hydrogen) atoms. The maximum absolute atomic E-state index is 12.9. The van der Waals surface area contributed by atoms with Gasteiger partial charge in [-0.05, 0) is 49.2 Å². The molecule has 1 fully saturated rings. The van der Waals surface area contributed by atoms with E-state index in [2.05, 4.69) is 10.0 Å². The highest BCUT2D eigenvalue weighted by Crippen LogP contribution is 2.31. The zero-order valence-electron chi connectivity index (χ0n) is 16.1. The van der Waals surface area contributed by atoms with Crippen LogP contribution in [0.25, 0.3) is 0 Å². The first kappa shape index (κ1) is 21.0. The van der Waals surface area contributed by atoms with Crippen LogP contribution in [-0.4, -0.2) is 43.0 Å². The Morgan fingerprint density at radius 1 is 1.03 bits per heavy atom. The highest BCUT2D eigenvalue weighted by atomic mass is 35.5.